The fraction of sp³-hybridized carbons (Fsp3) is 0.932. The van der Waals surface area contributed by atoms with Gasteiger partial charge in [-0.1, -0.05) is 53.2 Å². The molecule has 0 aromatic carbocycles. The first-order chi connectivity index (χ1) is 27.4. The standard InChI is InChI=1S/C44H71NO13/c1-20(2)32(45)39(51)52-19-30-34(47)36(49)38(57-40-37(50)35(48)33(46)23(5)54-40)41(56-30)55-25-11-13-42(6)24(16-25)8-9-26-27(42)12-14-43(7)28(26)17-29-31(43)22(4)44(58-29)15-10-21(3)18-53-44/h8,20-23,25-38,40-41,46-50H,9-19,45H2,1-7H3/t21-,22+,23?,25+,26?,27?,28?,29?,30?,31?,32+,33+,34-,35+,36+,37?,38?,40+,41-,42+,43+,44-/m1/s1. The number of hydrogen-bond donors (Lipinski definition) is 6. The summed E-state index contributed by atoms with van der Waals surface area (Å²) in [4.78, 5) is 12.6. The number of esters is 1. The van der Waals surface area contributed by atoms with Gasteiger partial charge >= 0.3 is 5.97 Å². The van der Waals surface area contributed by atoms with Crippen LogP contribution >= 0.6 is 0 Å². The van der Waals surface area contributed by atoms with Gasteiger partial charge in [0, 0.05) is 12.3 Å². The number of nitrogens with two attached hydrogens (primary N) is 1. The number of aliphatic hydroxyl groups excluding tert-OH is 5. The lowest BCUT2D eigenvalue weighted by atomic mass is 9.47. The van der Waals surface area contributed by atoms with Crippen LogP contribution in [0.4, 0.5) is 0 Å². The van der Waals surface area contributed by atoms with Crippen LogP contribution in [0.25, 0.3) is 0 Å². The molecule has 0 aromatic heterocycles. The molecule has 14 heteroatoms. The first-order valence-corrected chi connectivity index (χ1v) is 22.3. The van der Waals surface area contributed by atoms with Crippen molar-refractivity contribution in [2.45, 2.75) is 192 Å². The van der Waals surface area contributed by atoms with Crippen molar-refractivity contribution in [2.75, 3.05) is 13.2 Å². The molecule has 4 saturated heterocycles. The highest BCUT2D eigenvalue weighted by atomic mass is 16.8. The van der Waals surface area contributed by atoms with Gasteiger partial charge < -0.3 is 64.4 Å². The third-order valence-corrected chi connectivity index (χ3v) is 16.8. The van der Waals surface area contributed by atoms with Crippen molar-refractivity contribution in [3.05, 3.63) is 11.6 Å². The van der Waals surface area contributed by atoms with Crippen molar-refractivity contribution in [1.82, 2.24) is 0 Å². The van der Waals surface area contributed by atoms with Gasteiger partial charge in [0.25, 0.3) is 0 Å². The molecular weight excluding hydrogens is 750 g/mol. The highest BCUT2D eigenvalue weighted by molar-refractivity contribution is 5.75. The molecule has 8 aliphatic rings. The largest absolute Gasteiger partial charge is 0.462 e. The monoisotopic (exact) mass is 821 g/mol. The minimum absolute atomic E-state index is 0.0101. The van der Waals surface area contributed by atoms with E-state index in [1.165, 1.54) is 25.3 Å². The van der Waals surface area contributed by atoms with Gasteiger partial charge in [0.15, 0.2) is 18.4 Å². The Bertz CT molecular complexity index is 1520. The summed E-state index contributed by atoms with van der Waals surface area (Å²) < 4.78 is 43.7. The maximum atomic E-state index is 12.6. The molecule has 9 unspecified atom stereocenters. The van der Waals surface area contributed by atoms with Crippen molar-refractivity contribution in [3.8, 4) is 0 Å². The molecule has 8 rings (SSSR count). The van der Waals surface area contributed by atoms with E-state index in [-0.39, 0.29) is 35.6 Å². The molecule has 7 N–H and O–H groups in total. The second-order valence-corrected chi connectivity index (χ2v) is 20.5. The average Bonchev–Trinajstić information content (AvgIpc) is 3.64. The van der Waals surface area contributed by atoms with E-state index in [4.69, 9.17) is 38.9 Å². The van der Waals surface area contributed by atoms with Gasteiger partial charge in [0.2, 0.25) is 0 Å². The van der Waals surface area contributed by atoms with Crippen molar-refractivity contribution in [3.63, 3.8) is 0 Å². The molecule has 58 heavy (non-hydrogen) atoms. The summed E-state index contributed by atoms with van der Waals surface area (Å²) in [5, 5.41) is 54.3. The summed E-state index contributed by atoms with van der Waals surface area (Å²) in [6, 6.07) is -0.877. The van der Waals surface area contributed by atoms with Crippen molar-refractivity contribution in [1.29, 1.82) is 0 Å². The number of hydrogen-bond acceptors (Lipinski definition) is 14. The summed E-state index contributed by atoms with van der Waals surface area (Å²) in [5.74, 6) is 1.92. The van der Waals surface area contributed by atoms with Gasteiger partial charge in [0.05, 0.1) is 24.9 Å². The lowest BCUT2D eigenvalue weighted by Gasteiger charge is -2.58. The van der Waals surface area contributed by atoms with E-state index in [2.05, 4.69) is 33.8 Å². The maximum Gasteiger partial charge on any atom is 0.323 e. The Kier molecular flexibility index (Phi) is 12.1. The first kappa shape index (κ1) is 43.4. The number of carbonyl (C=O) groups excluding carboxylic acids is 1. The Balaban J connectivity index is 0.973. The third kappa shape index (κ3) is 7.24. The molecule has 0 radical (unpaired) electrons. The van der Waals surface area contributed by atoms with Crippen LogP contribution in [0.15, 0.2) is 11.6 Å². The predicted molar refractivity (Wildman–Crippen MR) is 208 cm³/mol. The first-order valence-electron chi connectivity index (χ1n) is 22.3. The van der Waals surface area contributed by atoms with Crippen LogP contribution in [-0.2, 0) is 38.0 Å². The molecule has 0 amide bonds. The van der Waals surface area contributed by atoms with Crippen LogP contribution in [0.1, 0.15) is 106 Å². The Morgan fingerprint density at radius 2 is 1.66 bits per heavy atom. The SMILES string of the molecule is CC(C)[C@H](N)C(=O)OCC1O[C@@H](O[C@H]2CC[C@@]3(C)C(=CCC4C5CC6O[C@]7(CC[C@@H](C)CO7)[C@@H](C)C6[C@@]5(C)CCC43)C2)C(O[C@@H]2OC(C)[C@H](O)[C@H](O)C2O)[C@@H](O)[C@@H]1O. The molecule has 4 aliphatic heterocycles. The molecule has 330 valence electrons. The minimum Gasteiger partial charge on any atom is -0.462 e. The summed E-state index contributed by atoms with van der Waals surface area (Å²) in [6.45, 7) is 15.2. The average molecular weight is 822 g/mol. The summed E-state index contributed by atoms with van der Waals surface area (Å²) >= 11 is 0. The molecule has 3 saturated carbocycles. The Morgan fingerprint density at radius 3 is 2.36 bits per heavy atom. The number of aliphatic hydroxyl groups is 5. The second kappa shape index (κ2) is 16.1. The number of rotatable bonds is 8. The second-order valence-electron chi connectivity index (χ2n) is 20.5. The van der Waals surface area contributed by atoms with Gasteiger partial charge in [0.1, 0.15) is 55.4 Å². The lowest BCUT2D eigenvalue weighted by Crippen LogP contribution is -2.64. The predicted octanol–water partition coefficient (Wildman–Crippen LogP) is 2.92. The highest BCUT2D eigenvalue weighted by Gasteiger charge is 2.69. The van der Waals surface area contributed by atoms with Crippen LogP contribution < -0.4 is 5.73 Å². The van der Waals surface area contributed by atoms with Crippen LogP contribution in [-0.4, -0.2) is 130 Å². The molecule has 4 aliphatic carbocycles. The molecule has 7 fully saturated rings. The molecule has 4 heterocycles. The van der Waals surface area contributed by atoms with Gasteiger partial charge in [-0.15, -0.1) is 0 Å². The van der Waals surface area contributed by atoms with Crippen LogP contribution in [0.5, 0.6) is 0 Å². The zero-order chi connectivity index (χ0) is 41.6. The van der Waals surface area contributed by atoms with Gasteiger partial charge in [-0.25, -0.2) is 0 Å². The van der Waals surface area contributed by atoms with Crippen molar-refractivity contribution in [2.24, 2.45) is 58.0 Å². The summed E-state index contributed by atoms with van der Waals surface area (Å²) in [7, 11) is 0. The van der Waals surface area contributed by atoms with E-state index >= 15 is 0 Å². The number of allylic oxidation sites excluding steroid dienone is 1. The van der Waals surface area contributed by atoms with Gasteiger partial charge in [-0.05, 0) is 105 Å². The van der Waals surface area contributed by atoms with Crippen molar-refractivity contribution >= 4 is 5.97 Å². The van der Waals surface area contributed by atoms with E-state index in [1.807, 2.05) is 0 Å². The quantitative estimate of drug-likeness (QED) is 0.154. The van der Waals surface area contributed by atoms with Gasteiger partial charge in [-0.2, -0.15) is 0 Å². The van der Waals surface area contributed by atoms with Crippen molar-refractivity contribution < 1.29 is 63.5 Å². The van der Waals surface area contributed by atoms with E-state index in [0.717, 1.165) is 45.1 Å². The maximum absolute atomic E-state index is 12.6. The molecule has 1 spiro atoms. The fourth-order valence-electron chi connectivity index (χ4n) is 13.1. The normalized spacial score (nSPS) is 53.3. The van der Waals surface area contributed by atoms with Crippen LogP contribution in [0, 0.1) is 52.3 Å². The number of fused-ring (bicyclic) bond motifs is 7. The Hall–Kier alpha value is -1.27. The van der Waals surface area contributed by atoms with E-state index in [1.54, 1.807) is 13.8 Å². The summed E-state index contributed by atoms with van der Waals surface area (Å²) in [6.07, 6.45) is -2.63. The Labute approximate surface area is 343 Å². The lowest BCUT2D eigenvalue weighted by molar-refractivity contribution is -0.370. The zero-order valence-corrected chi connectivity index (χ0v) is 35.5. The number of ether oxygens (including phenoxy) is 7. The molecule has 14 nitrogen and oxygen atoms in total. The third-order valence-electron chi connectivity index (χ3n) is 16.8. The molecule has 0 aromatic rings. The van der Waals surface area contributed by atoms with E-state index in [9.17, 15) is 30.3 Å². The topological polar surface area (TPSA) is 209 Å². The fourth-order valence-corrected chi connectivity index (χ4v) is 13.1. The molecule has 22 atom stereocenters. The van der Waals surface area contributed by atoms with Gasteiger partial charge in [-0.3, -0.25) is 4.79 Å². The molecular formula is C44H71NO13. The van der Waals surface area contributed by atoms with Crippen LogP contribution in [0.3, 0.4) is 0 Å². The minimum atomic E-state index is -1.65. The summed E-state index contributed by atoms with van der Waals surface area (Å²) in [5.41, 5.74) is 7.59. The zero-order valence-electron chi connectivity index (χ0n) is 35.5. The molecule has 0 bridgehead atoms. The smallest absolute Gasteiger partial charge is 0.323 e. The van der Waals surface area contributed by atoms with Crippen LogP contribution in [0.2, 0.25) is 0 Å². The number of carbonyl (C=O) groups is 1. The highest BCUT2D eigenvalue weighted by Crippen LogP contribution is 2.70. The van der Waals surface area contributed by atoms with E-state index in [0.29, 0.717) is 41.9 Å². The van der Waals surface area contributed by atoms with E-state index < -0.39 is 79.2 Å². The Morgan fingerprint density at radius 1 is 0.897 bits per heavy atom.